The van der Waals surface area contributed by atoms with Crippen LogP contribution in [0.25, 0.3) is 0 Å². The van der Waals surface area contributed by atoms with Gasteiger partial charge >= 0.3 is 6.18 Å². The zero-order chi connectivity index (χ0) is 19.6. The van der Waals surface area contributed by atoms with E-state index in [-0.39, 0.29) is 11.8 Å². The van der Waals surface area contributed by atoms with Gasteiger partial charge in [-0.15, -0.1) is 0 Å². The molecule has 1 aliphatic heterocycles. The number of carbonyl (C=O) groups is 1. The number of fused-ring (bicyclic) bond motifs is 1. The summed E-state index contributed by atoms with van der Waals surface area (Å²) >= 11 is 0. The highest BCUT2D eigenvalue weighted by molar-refractivity contribution is 5.86. The first kappa shape index (κ1) is 18.8. The van der Waals surface area contributed by atoms with E-state index >= 15 is 0 Å². The van der Waals surface area contributed by atoms with Gasteiger partial charge in [0.05, 0.1) is 5.56 Å². The Hall–Kier alpha value is -2.96. The fraction of sp³-hybridized carbons (Fsp3) is 0.250. The van der Waals surface area contributed by atoms with Gasteiger partial charge in [-0.05, 0) is 60.4 Å². The van der Waals surface area contributed by atoms with E-state index in [0.29, 0.717) is 30.9 Å². The molecule has 0 saturated heterocycles. The number of hydrogen-bond donors (Lipinski definition) is 2. The van der Waals surface area contributed by atoms with Crippen molar-refractivity contribution in [1.29, 1.82) is 0 Å². The molecule has 0 bridgehead atoms. The van der Waals surface area contributed by atoms with Crippen molar-refractivity contribution in [1.82, 2.24) is 5.32 Å². The standard InChI is InChI=1S/C20H20F3N3O/c1-2-19(27)25-11-13-10-16-17(24)4-3-5-18(16)26(12-13)15-8-6-14(7-9-15)20(21,22)23/h2-9,13H,1,10-12,24H2,(H,25,27)/t13-/m1/s1. The van der Waals surface area contributed by atoms with Crippen LogP contribution >= 0.6 is 0 Å². The summed E-state index contributed by atoms with van der Waals surface area (Å²) < 4.78 is 38.5. The predicted molar refractivity (Wildman–Crippen MR) is 99.7 cm³/mol. The Morgan fingerprint density at radius 1 is 1.26 bits per heavy atom. The molecular formula is C20H20F3N3O. The first-order valence-corrected chi connectivity index (χ1v) is 8.52. The van der Waals surface area contributed by atoms with Crippen LogP contribution in [0.1, 0.15) is 11.1 Å². The Morgan fingerprint density at radius 2 is 1.96 bits per heavy atom. The number of halogens is 3. The Morgan fingerprint density at radius 3 is 2.59 bits per heavy atom. The second-order valence-electron chi connectivity index (χ2n) is 6.52. The minimum atomic E-state index is -4.37. The first-order valence-electron chi connectivity index (χ1n) is 8.52. The second kappa shape index (κ2) is 7.34. The molecule has 142 valence electrons. The van der Waals surface area contributed by atoms with E-state index in [1.807, 2.05) is 17.0 Å². The highest BCUT2D eigenvalue weighted by Gasteiger charge is 2.31. The second-order valence-corrected chi connectivity index (χ2v) is 6.52. The summed E-state index contributed by atoms with van der Waals surface area (Å²) in [5, 5.41) is 2.78. The van der Waals surface area contributed by atoms with Gasteiger partial charge in [0.15, 0.2) is 0 Å². The van der Waals surface area contributed by atoms with E-state index in [1.54, 1.807) is 6.07 Å². The van der Waals surface area contributed by atoms with Crippen molar-refractivity contribution in [2.24, 2.45) is 5.92 Å². The summed E-state index contributed by atoms with van der Waals surface area (Å²) in [6.07, 6.45) is -2.49. The van der Waals surface area contributed by atoms with Crippen molar-refractivity contribution in [3.63, 3.8) is 0 Å². The van der Waals surface area contributed by atoms with Crippen molar-refractivity contribution in [3.05, 3.63) is 66.2 Å². The van der Waals surface area contributed by atoms with Crippen LogP contribution in [-0.4, -0.2) is 19.0 Å². The van der Waals surface area contributed by atoms with Crippen LogP contribution in [0.4, 0.5) is 30.2 Å². The largest absolute Gasteiger partial charge is 0.416 e. The Balaban J connectivity index is 1.92. The Labute approximate surface area is 155 Å². The summed E-state index contributed by atoms with van der Waals surface area (Å²) in [5.41, 5.74) is 8.52. The molecule has 0 spiro atoms. The van der Waals surface area contributed by atoms with Crippen molar-refractivity contribution < 1.29 is 18.0 Å². The van der Waals surface area contributed by atoms with Crippen molar-refractivity contribution >= 4 is 23.0 Å². The van der Waals surface area contributed by atoms with E-state index in [0.717, 1.165) is 23.4 Å². The molecule has 0 aromatic heterocycles. The minimum Gasteiger partial charge on any atom is -0.398 e. The third kappa shape index (κ3) is 4.07. The molecule has 1 aliphatic rings. The average molecular weight is 375 g/mol. The molecule has 1 atom stereocenters. The van der Waals surface area contributed by atoms with E-state index < -0.39 is 11.7 Å². The molecule has 3 rings (SSSR count). The topological polar surface area (TPSA) is 58.4 Å². The molecule has 4 nitrogen and oxygen atoms in total. The number of benzene rings is 2. The molecule has 2 aromatic rings. The number of nitrogens with one attached hydrogen (secondary N) is 1. The molecule has 1 heterocycles. The molecule has 3 N–H and O–H groups in total. The molecule has 0 saturated carbocycles. The Kier molecular flexibility index (Phi) is 5.12. The van der Waals surface area contributed by atoms with Gasteiger partial charge in [0, 0.05) is 30.2 Å². The first-order chi connectivity index (χ1) is 12.8. The quantitative estimate of drug-likeness (QED) is 0.629. The molecule has 0 aliphatic carbocycles. The highest BCUT2D eigenvalue weighted by Crippen LogP contribution is 2.39. The lowest BCUT2D eigenvalue weighted by Crippen LogP contribution is -2.39. The minimum absolute atomic E-state index is 0.0633. The van der Waals surface area contributed by atoms with Gasteiger partial charge in [0.2, 0.25) is 5.91 Å². The van der Waals surface area contributed by atoms with Gasteiger partial charge in [-0.3, -0.25) is 4.79 Å². The van der Waals surface area contributed by atoms with Crippen LogP contribution in [0, 0.1) is 5.92 Å². The van der Waals surface area contributed by atoms with Gasteiger partial charge in [-0.1, -0.05) is 12.6 Å². The fourth-order valence-corrected chi connectivity index (χ4v) is 3.31. The third-order valence-electron chi connectivity index (χ3n) is 4.67. The molecule has 0 fully saturated rings. The van der Waals surface area contributed by atoms with Crippen LogP contribution in [-0.2, 0) is 17.4 Å². The molecule has 0 radical (unpaired) electrons. The van der Waals surface area contributed by atoms with Crippen LogP contribution in [0.5, 0.6) is 0 Å². The van der Waals surface area contributed by atoms with Crippen LogP contribution in [0.15, 0.2) is 55.1 Å². The van der Waals surface area contributed by atoms with E-state index in [2.05, 4.69) is 11.9 Å². The zero-order valence-corrected chi connectivity index (χ0v) is 14.6. The third-order valence-corrected chi connectivity index (χ3v) is 4.67. The van der Waals surface area contributed by atoms with Crippen molar-refractivity contribution in [2.75, 3.05) is 23.7 Å². The molecule has 7 heteroatoms. The van der Waals surface area contributed by atoms with Gasteiger partial charge in [-0.25, -0.2) is 0 Å². The molecular weight excluding hydrogens is 355 g/mol. The highest BCUT2D eigenvalue weighted by atomic mass is 19.4. The Bertz CT molecular complexity index is 847. The number of hydrogen-bond acceptors (Lipinski definition) is 3. The van der Waals surface area contributed by atoms with Crippen LogP contribution in [0.2, 0.25) is 0 Å². The summed E-state index contributed by atoms with van der Waals surface area (Å²) in [5.74, 6) is -0.198. The SMILES string of the molecule is C=CC(=O)NC[C@H]1Cc2c(N)cccc2N(c2ccc(C(F)(F)F)cc2)C1. The maximum absolute atomic E-state index is 12.8. The normalized spacial score (nSPS) is 16.6. The maximum atomic E-state index is 12.8. The lowest BCUT2D eigenvalue weighted by Gasteiger charge is -2.37. The predicted octanol–water partition coefficient (Wildman–Crippen LogP) is 3.90. The zero-order valence-electron chi connectivity index (χ0n) is 14.6. The van der Waals surface area contributed by atoms with E-state index in [1.165, 1.54) is 18.2 Å². The average Bonchev–Trinajstić information content (AvgIpc) is 2.65. The fourth-order valence-electron chi connectivity index (χ4n) is 3.31. The van der Waals surface area contributed by atoms with Gasteiger partial charge in [-0.2, -0.15) is 13.2 Å². The summed E-state index contributed by atoms with van der Waals surface area (Å²) in [7, 11) is 0. The number of nitrogens with two attached hydrogens (primary N) is 1. The molecule has 1 amide bonds. The monoisotopic (exact) mass is 375 g/mol. The molecule has 27 heavy (non-hydrogen) atoms. The number of nitrogens with zero attached hydrogens (tertiary/aromatic N) is 1. The number of amides is 1. The van der Waals surface area contributed by atoms with Crippen molar-refractivity contribution in [3.8, 4) is 0 Å². The maximum Gasteiger partial charge on any atom is 0.416 e. The smallest absolute Gasteiger partial charge is 0.398 e. The van der Waals surface area contributed by atoms with Crippen LogP contribution < -0.4 is 16.0 Å². The van der Waals surface area contributed by atoms with E-state index in [9.17, 15) is 18.0 Å². The number of nitrogen functional groups attached to an aromatic ring is 1. The molecule has 2 aromatic carbocycles. The summed E-state index contributed by atoms with van der Waals surface area (Å²) in [6, 6.07) is 10.6. The van der Waals surface area contributed by atoms with Gasteiger partial charge in [0.1, 0.15) is 0 Å². The number of carbonyl (C=O) groups excluding carboxylic acids is 1. The molecule has 0 unspecified atom stereocenters. The lowest BCUT2D eigenvalue weighted by atomic mass is 9.90. The lowest BCUT2D eigenvalue weighted by molar-refractivity contribution is -0.137. The van der Waals surface area contributed by atoms with E-state index in [4.69, 9.17) is 5.73 Å². The van der Waals surface area contributed by atoms with Crippen LogP contribution in [0.3, 0.4) is 0 Å². The van der Waals surface area contributed by atoms with Crippen molar-refractivity contribution in [2.45, 2.75) is 12.6 Å². The number of alkyl halides is 3. The summed E-state index contributed by atoms with van der Waals surface area (Å²) in [4.78, 5) is 13.4. The van der Waals surface area contributed by atoms with Gasteiger partial charge < -0.3 is 16.0 Å². The number of rotatable bonds is 4. The van der Waals surface area contributed by atoms with Gasteiger partial charge in [0.25, 0.3) is 0 Å². The number of anilines is 3. The summed E-state index contributed by atoms with van der Waals surface area (Å²) in [6.45, 7) is 4.41.